The molecule has 0 unspecified atom stereocenters. The van der Waals surface area contributed by atoms with E-state index in [2.05, 4.69) is 0 Å². The van der Waals surface area contributed by atoms with Gasteiger partial charge in [-0.2, -0.15) is 0 Å². The highest BCUT2D eigenvalue weighted by Crippen LogP contribution is 2.07. The molecular formula is C10H18BNO2. The lowest BCUT2D eigenvalue weighted by Crippen LogP contribution is -2.29. The van der Waals surface area contributed by atoms with Crippen LogP contribution in [-0.4, -0.2) is 31.3 Å². The normalized spacial score (nSPS) is 8.71. The Kier molecular flexibility index (Phi) is 6.00. The summed E-state index contributed by atoms with van der Waals surface area (Å²) in [6, 6.07) is 7.07. The molecule has 0 saturated heterocycles. The Balaban J connectivity index is 0.000000791. The van der Waals surface area contributed by atoms with Crippen molar-refractivity contribution >= 4 is 18.3 Å². The highest BCUT2D eigenvalue weighted by atomic mass is 16.4. The molecule has 4 heteroatoms. The Hall–Kier alpha value is -0.995. The fourth-order valence-corrected chi connectivity index (χ4v) is 0.945. The standard InChI is InChI=1S/C8H12BNO2.C2H6/c1-10(2)8-5-3-7(4-6-8)9(11)12;1-2/h3-6,11-12H,1-2H3;1-2H3. The van der Waals surface area contributed by atoms with Crippen LogP contribution in [0.3, 0.4) is 0 Å². The van der Waals surface area contributed by atoms with Crippen molar-refractivity contribution in [1.29, 1.82) is 0 Å². The van der Waals surface area contributed by atoms with Crippen molar-refractivity contribution in [3.8, 4) is 0 Å². The van der Waals surface area contributed by atoms with Crippen LogP contribution in [0, 0.1) is 0 Å². The zero-order chi connectivity index (χ0) is 11.1. The zero-order valence-corrected chi connectivity index (χ0v) is 9.23. The van der Waals surface area contributed by atoms with Crippen molar-refractivity contribution < 1.29 is 10.0 Å². The summed E-state index contributed by atoms with van der Waals surface area (Å²) < 4.78 is 0. The number of hydrogen-bond donors (Lipinski definition) is 2. The van der Waals surface area contributed by atoms with Crippen molar-refractivity contribution in [3.63, 3.8) is 0 Å². The molecule has 0 amide bonds. The largest absolute Gasteiger partial charge is 0.488 e. The number of rotatable bonds is 2. The lowest BCUT2D eigenvalue weighted by molar-refractivity contribution is 0.426. The van der Waals surface area contributed by atoms with Gasteiger partial charge in [0.1, 0.15) is 0 Å². The average molecular weight is 195 g/mol. The topological polar surface area (TPSA) is 43.7 Å². The zero-order valence-electron chi connectivity index (χ0n) is 9.23. The summed E-state index contributed by atoms with van der Waals surface area (Å²) in [5, 5.41) is 17.6. The monoisotopic (exact) mass is 195 g/mol. The number of anilines is 1. The third-order valence-corrected chi connectivity index (χ3v) is 1.71. The smallest absolute Gasteiger partial charge is 0.423 e. The fraction of sp³-hybridized carbons (Fsp3) is 0.400. The molecule has 0 heterocycles. The Labute approximate surface area is 86.1 Å². The van der Waals surface area contributed by atoms with Gasteiger partial charge in [-0.25, -0.2) is 0 Å². The Morgan fingerprint density at radius 3 is 1.71 bits per heavy atom. The van der Waals surface area contributed by atoms with Crippen LogP contribution in [0.15, 0.2) is 24.3 Å². The van der Waals surface area contributed by atoms with Gasteiger partial charge in [-0.1, -0.05) is 26.0 Å². The Bertz CT molecular complexity index is 220. The van der Waals surface area contributed by atoms with Gasteiger partial charge in [0.25, 0.3) is 0 Å². The van der Waals surface area contributed by atoms with Gasteiger partial charge in [0, 0.05) is 19.8 Å². The molecule has 1 aromatic rings. The van der Waals surface area contributed by atoms with E-state index in [1.807, 2.05) is 45.0 Å². The van der Waals surface area contributed by atoms with Crippen molar-refractivity contribution in [3.05, 3.63) is 24.3 Å². The number of benzene rings is 1. The van der Waals surface area contributed by atoms with Crippen LogP contribution in [0.4, 0.5) is 5.69 Å². The molecule has 0 aliphatic rings. The van der Waals surface area contributed by atoms with Crippen LogP contribution in [0.5, 0.6) is 0 Å². The Morgan fingerprint density at radius 1 is 1.00 bits per heavy atom. The van der Waals surface area contributed by atoms with E-state index in [4.69, 9.17) is 10.0 Å². The van der Waals surface area contributed by atoms with Gasteiger partial charge >= 0.3 is 7.12 Å². The third-order valence-electron chi connectivity index (χ3n) is 1.71. The van der Waals surface area contributed by atoms with Gasteiger partial charge in [0.2, 0.25) is 0 Å². The van der Waals surface area contributed by atoms with Gasteiger partial charge < -0.3 is 14.9 Å². The molecule has 78 valence electrons. The van der Waals surface area contributed by atoms with Gasteiger partial charge in [0.05, 0.1) is 0 Å². The van der Waals surface area contributed by atoms with Crippen LogP contribution < -0.4 is 10.4 Å². The summed E-state index contributed by atoms with van der Waals surface area (Å²) >= 11 is 0. The van der Waals surface area contributed by atoms with E-state index in [0.29, 0.717) is 5.46 Å². The van der Waals surface area contributed by atoms with Gasteiger partial charge in [0.15, 0.2) is 0 Å². The van der Waals surface area contributed by atoms with Gasteiger partial charge in [-0.05, 0) is 17.6 Å². The predicted molar refractivity (Wildman–Crippen MR) is 61.9 cm³/mol. The van der Waals surface area contributed by atoms with Crippen molar-refractivity contribution in [2.24, 2.45) is 0 Å². The second-order valence-electron chi connectivity index (χ2n) is 2.86. The molecule has 1 aromatic carbocycles. The lowest BCUT2D eigenvalue weighted by atomic mass is 9.80. The van der Waals surface area contributed by atoms with Crippen molar-refractivity contribution in [2.45, 2.75) is 13.8 Å². The minimum absolute atomic E-state index is 0.514. The minimum Gasteiger partial charge on any atom is -0.423 e. The van der Waals surface area contributed by atoms with E-state index >= 15 is 0 Å². The number of hydrogen-bond acceptors (Lipinski definition) is 3. The summed E-state index contributed by atoms with van der Waals surface area (Å²) in [6.07, 6.45) is 0. The second-order valence-corrected chi connectivity index (χ2v) is 2.86. The van der Waals surface area contributed by atoms with Gasteiger partial charge in [-0.3, -0.25) is 0 Å². The van der Waals surface area contributed by atoms with E-state index in [0.717, 1.165) is 5.69 Å². The molecule has 0 fully saturated rings. The first-order valence-corrected chi connectivity index (χ1v) is 4.74. The Morgan fingerprint density at radius 2 is 1.43 bits per heavy atom. The van der Waals surface area contributed by atoms with E-state index in [9.17, 15) is 0 Å². The number of nitrogens with zero attached hydrogens (tertiary/aromatic N) is 1. The fourth-order valence-electron chi connectivity index (χ4n) is 0.945. The minimum atomic E-state index is -1.37. The molecule has 0 spiro atoms. The summed E-state index contributed by atoms with van der Waals surface area (Å²) in [5.74, 6) is 0. The summed E-state index contributed by atoms with van der Waals surface area (Å²) in [6.45, 7) is 4.00. The van der Waals surface area contributed by atoms with E-state index in [1.165, 1.54) is 0 Å². The lowest BCUT2D eigenvalue weighted by Gasteiger charge is -2.12. The maximum atomic E-state index is 8.80. The molecule has 0 atom stereocenters. The molecule has 0 saturated carbocycles. The molecule has 14 heavy (non-hydrogen) atoms. The van der Waals surface area contributed by atoms with Crippen LogP contribution >= 0.6 is 0 Å². The van der Waals surface area contributed by atoms with Gasteiger partial charge in [-0.15, -0.1) is 0 Å². The average Bonchev–Trinajstić information content (AvgIpc) is 2.21. The first-order chi connectivity index (χ1) is 6.61. The van der Waals surface area contributed by atoms with Crippen LogP contribution in [0.2, 0.25) is 0 Å². The first kappa shape index (κ1) is 13.0. The van der Waals surface area contributed by atoms with E-state index < -0.39 is 7.12 Å². The van der Waals surface area contributed by atoms with E-state index in [1.54, 1.807) is 12.1 Å². The molecule has 0 bridgehead atoms. The summed E-state index contributed by atoms with van der Waals surface area (Å²) in [5.41, 5.74) is 1.56. The first-order valence-electron chi connectivity index (χ1n) is 4.74. The predicted octanol–water partition coefficient (Wildman–Crippen LogP) is 0.459. The quantitative estimate of drug-likeness (QED) is 0.673. The maximum Gasteiger partial charge on any atom is 0.488 e. The molecule has 0 radical (unpaired) electrons. The second kappa shape index (κ2) is 6.46. The SMILES string of the molecule is CC.CN(C)c1ccc(B(O)O)cc1. The molecule has 0 aromatic heterocycles. The van der Waals surface area contributed by atoms with Crippen molar-refractivity contribution in [2.75, 3.05) is 19.0 Å². The molecule has 2 N–H and O–H groups in total. The molecule has 0 aliphatic carbocycles. The molecule has 0 aliphatic heterocycles. The highest BCUT2D eigenvalue weighted by Gasteiger charge is 2.09. The summed E-state index contributed by atoms with van der Waals surface area (Å²) in [4.78, 5) is 1.95. The van der Waals surface area contributed by atoms with Crippen molar-refractivity contribution in [1.82, 2.24) is 0 Å². The maximum absolute atomic E-state index is 8.80. The van der Waals surface area contributed by atoms with E-state index in [-0.39, 0.29) is 0 Å². The van der Waals surface area contributed by atoms with Crippen LogP contribution in [-0.2, 0) is 0 Å². The highest BCUT2D eigenvalue weighted by molar-refractivity contribution is 6.58. The third kappa shape index (κ3) is 3.81. The molecular weight excluding hydrogens is 177 g/mol. The molecule has 3 nitrogen and oxygen atoms in total. The van der Waals surface area contributed by atoms with Crippen LogP contribution in [0.25, 0.3) is 0 Å². The van der Waals surface area contributed by atoms with Crippen LogP contribution in [0.1, 0.15) is 13.8 Å². The summed E-state index contributed by atoms with van der Waals surface area (Å²) in [7, 11) is 2.50. The molecule has 1 rings (SSSR count).